The van der Waals surface area contributed by atoms with Gasteiger partial charge in [0, 0.05) is 37.1 Å². The van der Waals surface area contributed by atoms with Crippen molar-refractivity contribution < 1.29 is 19.1 Å². The third-order valence-electron chi connectivity index (χ3n) is 6.05. The van der Waals surface area contributed by atoms with E-state index in [-0.39, 0.29) is 24.0 Å². The highest BCUT2D eigenvalue weighted by Gasteiger charge is 2.26. The summed E-state index contributed by atoms with van der Waals surface area (Å²) in [6.45, 7) is 1.19. The summed E-state index contributed by atoms with van der Waals surface area (Å²) in [6, 6.07) is 8.95. The Morgan fingerprint density at radius 2 is 1.81 bits per heavy atom. The van der Waals surface area contributed by atoms with Crippen LogP contribution in [0.15, 0.2) is 42.7 Å². The second-order valence-electron chi connectivity index (χ2n) is 8.17. The zero-order valence-electron chi connectivity index (χ0n) is 17.9. The molecule has 2 heterocycles. The molecular weight excluding hydrogens is 394 g/mol. The SMILES string of the molecule is COc1cc(C(=O)N2CCC(NC(=O)c3cccnc3)CC2)ccc1OC1CCCC1. The summed E-state index contributed by atoms with van der Waals surface area (Å²) in [4.78, 5) is 31.1. The van der Waals surface area contributed by atoms with Crippen molar-refractivity contribution in [3.63, 3.8) is 0 Å². The van der Waals surface area contributed by atoms with Gasteiger partial charge in [-0.1, -0.05) is 0 Å². The quantitative estimate of drug-likeness (QED) is 0.770. The molecule has 1 aliphatic heterocycles. The molecule has 164 valence electrons. The molecule has 31 heavy (non-hydrogen) atoms. The van der Waals surface area contributed by atoms with Crippen molar-refractivity contribution in [1.29, 1.82) is 0 Å². The van der Waals surface area contributed by atoms with Gasteiger partial charge in [-0.15, -0.1) is 0 Å². The van der Waals surface area contributed by atoms with Gasteiger partial charge >= 0.3 is 0 Å². The van der Waals surface area contributed by atoms with Crippen LogP contribution in [-0.4, -0.2) is 54.0 Å². The molecule has 1 aromatic carbocycles. The normalized spacial score (nSPS) is 17.4. The van der Waals surface area contributed by atoms with Gasteiger partial charge in [-0.25, -0.2) is 0 Å². The van der Waals surface area contributed by atoms with Crippen molar-refractivity contribution in [2.24, 2.45) is 0 Å². The van der Waals surface area contributed by atoms with Crippen LogP contribution in [0.4, 0.5) is 0 Å². The molecule has 0 radical (unpaired) electrons. The van der Waals surface area contributed by atoms with Crippen molar-refractivity contribution >= 4 is 11.8 Å². The molecule has 1 N–H and O–H groups in total. The third kappa shape index (κ3) is 5.16. The highest BCUT2D eigenvalue weighted by Crippen LogP contribution is 2.32. The third-order valence-corrected chi connectivity index (χ3v) is 6.05. The Bertz CT molecular complexity index is 904. The molecule has 2 aromatic rings. The van der Waals surface area contributed by atoms with Crippen LogP contribution < -0.4 is 14.8 Å². The number of ether oxygens (including phenoxy) is 2. The molecule has 1 aromatic heterocycles. The molecule has 0 bridgehead atoms. The molecule has 1 saturated heterocycles. The number of nitrogens with one attached hydrogen (secondary N) is 1. The molecule has 1 aliphatic carbocycles. The van der Waals surface area contributed by atoms with E-state index in [4.69, 9.17) is 9.47 Å². The Kier molecular flexibility index (Phi) is 6.70. The maximum absolute atomic E-state index is 13.0. The first kappa shape index (κ1) is 21.2. The van der Waals surface area contributed by atoms with Gasteiger partial charge in [0.15, 0.2) is 11.5 Å². The van der Waals surface area contributed by atoms with Crippen LogP contribution in [0.25, 0.3) is 0 Å². The Morgan fingerprint density at radius 1 is 1.03 bits per heavy atom. The Balaban J connectivity index is 1.33. The van der Waals surface area contributed by atoms with E-state index in [1.165, 1.54) is 12.8 Å². The highest BCUT2D eigenvalue weighted by molar-refractivity contribution is 5.95. The van der Waals surface area contributed by atoms with Gasteiger partial charge in [0.25, 0.3) is 11.8 Å². The first-order chi connectivity index (χ1) is 15.1. The lowest BCUT2D eigenvalue weighted by molar-refractivity contribution is 0.0697. The number of nitrogens with zero attached hydrogens (tertiary/aromatic N) is 2. The molecule has 7 nitrogen and oxygen atoms in total. The maximum atomic E-state index is 13.0. The summed E-state index contributed by atoms with van der Waals surface area (Å²) < 4.78 is 11.6. The van der Waals surface area contributed by atoms with Gasteiger partial charge in [0.2, 0.25) is 0 Å². The number of amides is 2. The standard InChI is InChI=1S/C24H29N3O4/c1-30-22-15-17(8-9-21(22)31-20-6-2-3-7-20)24(29)27-13-10-19(11-14-27)26-23(28)18-5-4-12-25-16-18/h4-5,8-9,12,15-16,19-20H,2-3,6-7,10-11,13-14H2,1H3,(H,26,28). The van der Waals surface area contributed by atoms with Crippen molar-refractivity contribution in [1.82, 2.24) is 15.2 Å². The van der Waals surface area contributed by atoms with Crippen molar-refractivity contribution in [3.05, 3.63) is 53.9 Å². The van der Waals surface area contributed by atoms with E-state index in [1.807, 2.05) is 17.0 Å². The second-order valence-corrected chi connectivity index (χ2v) is 8.17. The number of pyridine rings is 1. The van der Waals surface area contributed by atoms with Crippen LogP contribution in [-0.2, 0) is 0 Å². The first-order valence-corrected chi connectivity index (χ1v) is 11.0. The van der Waals surface area contributed by atoms with E-state index in [0.717, 1.165) is 25.7 Å². The van der Waals surface area contributed by atoms with Gasteiger partial charge in [-0.05, 0) is 68.9 Å². The van der Waals surface area contributed by atoms with Crippen LogP contribution in [0.5, 0.6) is 11.5 Å². The van der Waals surface area contributed by atoms with Gasteiger partial charge in [-0.2, -0.15) is 0 Å². The van der Waals surface area contributed by atoms with Crippen LogP contribution in [0, 0.1) is 0 Å². The molecule has 7 heteroatoms. The van der Waals surface area contributed by atoms with Crippen molar-refractivity contribution in [2.75, 3.05) is 20.2 Å². The summed E-state index contributed by atoms with van der Waals surface area (Å²) in [5.41, 5.74) is 1.14. The smallest absolute Gasteiger partial charge is 0.253 e. The van der Waals surface area contributed by atoms with E-state index in [1.54, 1.807) is 37.7 Å². The van der Waals surface area contributed by atoms with E-state index in [0.29, 0.717) is 35.7 Å². The number of hydrogen-bond acceptors (Lipinski definition) is 5. The van der Waals surface area contributed by atoms with Gasteiger partial charge in [-0.3, -0.25) is 14.6 Å². The van der Waals surface area contributed by atoms with E-state index < -0.39 is 0 Å². The lowest BCUT2D eigenvalue weighted by Gasteiger charge is -2.32. The number of carbonyl (C=O) groups excluding carboxylic acids is 2. The zero-order valence-corrected chi connectivity index (χ0v) is 17.9. The molecule has 2 fully saturated rings. The first-order valence-electron chi connectivity index (χ1n) is 11.0. The zero-order chi connectivity index (χ0) is 21.6. The average molecular weight is 424 g/mol. The molecule has 1 saturated carbocycles. The summed E-state index contributed by atoms with van der Waals surface area (Å²) in [5, 5.41) is 3.04. The highest BCUT2D eigenvalue weighted by atomic mass is 16.5. The lowest BCUT2D eigenvalue weighted by atomic mass is 10.0. The number of aromatic nitrogens is 1. The number of benzene rings is 1. The van der Waals surface area contributed by atoms with Crippen LogP contribution in [0.3, 0.4) is 0 Å². The van der Waals surface area contributed by atoms with E-state index in [9.17, 15) is 9.59 Å². The van der Waals surface area contributed by atoms with Crippen LogP contribution >= 0.6 is 0 Å². The molecule has 0 atom stereocenters. The molecule has 2 aliphatic rings. The van der Waals surface area contributed by atoms with E-state index in [2.05, 4.69) is 10.3 Å². The largest absolute Gasteiger partial charge is 0.493 e. The summed E-state index contributed by atoms with van der Waals surface area (Å²) in [6.07, 6.45) is 9.40. The molecule has 0 unspecified atom stereocenters. The molecule has 2 amide bonds. The topological polar surface area (TPSA) is 80.8 Å². The molecule has 4 rings (SSSR count). The minimum atomic E-state index is -0.125. The Hall–Kier alpha value is -3.09. The summed E-state index contributed by atoms with van der Waals surface area (Å²) in [7, 11) is 1.60. The number of piperidine rings is 1. The molecule has 0 spiro atoms. The number of methoxy groups -OCH3 is 1. The summed E-state index contributed by atoms with van der Waals surface area (Å²) in [5.74, 6) is 1.14. The molecular formula is C24H29N3O4. The predicted octanol–water partition coefficient (Wildman–Crippen LogP) is 3.45. The minimum absolute atomic E-state index is 0.0252. The maximum Gasteiger partial charge on any atom is 0.253 e. The fraction of sp³-hybridized carbons (Fsp3) is 0.458. The van der Waals surface area contributed by atoms with E-state index >= 15 is 0 Å². The van der Waals surface area contributed by atoms with Crippen LogP contribution in [0.2, 0.25) is 0 Å². The van der Waals surface area contributed by atoms with Gasteiger partial charge < -0.3 is 19.7 Å². The second kappa shape index (κ2) is 9.81. The predicted molar refractivity (Wildman–Crippen MR) is 117 cm³/mol. The van der Waals surface area contributed by atoms with Gasteiger partial charge in [0.05, 0.1) is 18.8 Å². The number of hydrogen-bond donors (Lipinski definition) is 1. The fourth-order valence-electron chi connectivity index (χ4n) is 4.26. The number of rotatable bonds is 6. The number of carbonyl (C=O) groups is 2. The van der Waals surface area contributed by atoms with Gasteiger partial charge in [0.1, 0.15) is 0 Å². The fourth-order valence-corrected chi connectivity index (χ4v) is 4.26. The Morgan fingerprint density at radius 3 is 2.48 bits per heavy atom. The number of likely N-dealkylation sites (tertiary alicyclic amines) is 1. The van der Waals surface area contributed by atoms with Crippen molar-refractivity contribution in [2.45, 2.75) is 50.7 Å². The summed E-state index contributed by atoms with van der Waals surface area (Å²) >= 11 is 0. The monoisotopic (exact) mass is 423 g/mol. The average Bonchev–Trinajstić information content (AvgIpc) is 3.33. The lowest BCUT2D eigenvalue weighted by Crippen LogP contribution is -2.46. The minimum Gasteiger partial charge on any atom is -0.493 e. The van der Waals surface area contributed by atoms with Crippen molar-refractivity contribution in [3.8, 4) is 11.5 Å². The van der Waals surface area contributed by atoms with Crippen LogP contribution in [0.1, 0.15) is 59.2 Å². The Labute approximate surface area is 182 Å².